The van der Waals surface area contributed by atoms with Crippen LogP contribution >= 0.6 is 0 Å². The molecule has 8 heteroatoms. The minimum absolute atomic E-state index is 0.126. The lowest BCUT2D eigenvalue weighted by Gasteiger charge is -2.11. The molecule has 0 fully saturated rings. The second-order valence-electron chi connectivity index (χ2n) is 7.88. The molecule has 0 bridgehead atoms. The highest BCUT2D eigenvalue weighted by Gasteiger charge is 2.09. The van der Waals surface area contributed by atoms with E-state index in [1.165, 1.54) is 10.7 Å². The van der Waals surface area contributed by atoms with Crippen LogP contribution in [0, 0.1) is 0 Å². The van der Waals surface area contributed by atoms with E-state index in [1.54, 1.807) is 32.4 Å². The van der Waals surface area contributed by atoms with E-state index in [0.29, 0.717) is 22.9 Å². The first-order valence-electron chi connectivity index (χ1n) is 11.4. The highest BCUT2D eigenvalue weighted by molar-refractivity contribution is 5.77. The Morgan fingerprint density at radius 2 is 1.53 bits per heavy atom. The molecule has 1 heterocycles. The van der Waals surface area contributed by atoms with Gasteiger partial charge >= 0.3 is 0 Å². The molecule has 0 atom stereocenters. The molecule has 0 radical (unpaired) electrons. The van der Waals surface area contributed by atoms with Crippen LogP contribution in [-0.2, 0) is 11.3 Å². The Morgan fingerprint density at radius 3 is 2.25 bits per heavy atom. The zero-order valence-corrected chi connectivity index (χ0v) is 20.1. The van der Waals surface area contributed by atoms with Crippen molar-refractivity contribution in [3.63, 3.8) is 0 Å². The second-order valence-corrected chi connectivity index (χ2v) is 7.88. The average molecular weight is 486 g/mol. The van der Waals surface area contributed by atoms with Crippen LogP contribution in [0.4, 0.5) is 0 Å². The third-order valence-corrected chi connectivity index (χ3v) is 5.52. The van der Waals surface area contributed by atoms with Crippen LogP contribution in [0.3, 0.4) is 0 Å². The molecule has 0 unspecified atom stereocenters. The summed E-state index contributed by atoms with van der Waals surface area (Å²) >= 11 is 0. The Kier molecular flexibility index (Phi) is 7.97. The zero-order valence-electron chi connectivity index (χ0n) is 20.1. The van der Waals surface area contributed by atoms with Gasteiger partial charge in [0.15, 0.2) is 18.1 Å². The molecule has 0 aliphatic heterocycles. The minimum atomic E-state index is -0.286. The van der Waals surface area contributed by atoms with E-state index in [-0.39, 0.29) is 31.2 Å². The van der Waals surface area contributed by atoms with Crippen molar-refractivity contribution in [1.82, 2.24) is 15.1 Å². The minimum Gasteiger partial charge on any atom is -0.493 e. The number of benzene rings is 3. The third kappa shape index (κ3) is 6.09. The van der Waals surface area contributed by atoms with Gasteiger partial charge in [-0.2, -0.15) is 5.10 Å². The lowest BCUT2D eigenvalue weighted by Crippen LogP contribution is -2.34. The van der Waals surface area contributed by atoms with Crippen molar-refractivity contribution in [3.05, 3.63) is 95.3 Å². The summed E-state index contributed by atoms with van der Waals surface area (Å²) in [6.45, 7) is 0.327. The molecule has 0 aliphatic rings. The van der Waals surface area contributed by atoms with Gasteiger partial charge in [-0.1, -0.05) is 42.5 Å². The summed E-state index contributed by atoms with van der Waals surface area (Å²) < 4.78 is 17.5. The molecule has 4 aromatic rings. The number of methoxy groups -OCH3 is 2. The van der Waals surface area contributed by atoms with Gasteiger partial charge in [0.05, 0.1) is 26.5 Å². The molecule has 36 heavy (non-hydrogen) atoms. The molecule has 8 nitrogen and oxygen atoms in total. The average Bonchev–Trinajstić information content (AvgIpc) is 2.93. The van der Waals surface area contributed by atoms with Crippen LogP contribution in [0.2, 0.25) is 0 Å². The number of amides is 1. The summed E-state index contributed by atoms with van der Waals surface area (Å²) in [7, 11) is 3.12. The topological polar surface area (TPSA) is 91.7 Å². The Labute approximate surface area is 209 Å². The normalized spacial score (nSPS) is 10.5. The van der Waals surface area contributed by atoms with Crippen LogP contribution < -0.4 is 25.1 Å². The summed E-state index contributed by atoms with van der Waals surface area (Å²) in [4.78, 5) is 24.5. The van der Waals surface area contributed by atoms with E-state index in [0.717, 1.165) is 16.7 Å². The smallest absolute Gasteiger partial charge is 0.266 e. The molecule has 4 rings (SSSR count). The van der Waals surface area contributed by atoms with Gasteiger partial charge in [-0.25, -0.2) is 4.68 Å². The molecular weight excluding hydrogens is 458 g/mol. The van der Waals surface area contributed by atoms with Crippen LogP contribution in [-0.4, -0.2) is 43.1 Å². The lowest BCUT2D eigenvalue weighted by atomic mass is 10.1. The van der Waals surface area contributed by atoms with Crippen molar-refractivity contribution < 1.29 is 19.0 Å². The first kappa shape index (κ1) is 24.5. The van der Waals surface area contributed by atoms with Gasteiger partial charge in [0.25, 0.3) is 11.5 Å². The Bertz CT molecular complexity index is 1370. The number of aromatic nitrogens is 2. The fraction of sp³-hybridized carbons (Fsp3) is 0.179. The molecule has 1 amide bonds. The fourth-order valence-electron chi connectivity index (χ4n) is 3.63. The summed E-state index contributed by atoms with van der Waals surface area (Å²) in [5, 5.41) is 7.18. The van der Waals surface area contributed by atoms with Gasteiger partial charge in [-0.05, 0) is 47.5 Å². The summed E-state index contributed by atoms with van der Waals surface area (Å²) in [6, 6.07) is 26.1. The highest BCUT2D eigenvalue weighted by Crippen LogP contribution is 2.31. The third-order valence-electron chi connectivity index (χ3n) is 5.52. The maximum Gasteiger partial charge on any atom is 0.266 e. The van der Waals surface area contributed by atoms with Crippen molar-refractivity contribution in [1.29, 1.82) is 0 Å². The molecule has 1 aromatic heterocycles. The number of nitrogens with one attached hydrogen (secondary N) is 1. The Morgan fingerprint density at radius 1 is 0.833 bits per heavy atom. The summed E-state index contributed by atoms with van der Waals surface area (Å²) in [5.41, 5.74) is 3.30. The van der Waals surface area contributed by atoms with Crippen molar-refractivity contribution >= 4 is 5.91 Å². The monoisotopic (exact) mass is 485 g/mol. The number of rotatable bonds is 10. The lowest BCUT2D eigenvalue weighted by molar-refractivity contribution is -0.123. The van der Waals surface area contributed by atoms with Crippen molar-refractivity contribution in [2.45, 2.75) is 6.54 Å². The van der Waals surface area contributed by atoms with Gasteiger partial charge in [-0.15, -0.1) is 0 Å². The second kappa shape index (κ2) is 11.7. The first-order valence-corrected chi connectivity index (χ1v) is 11.4. The molecular formula is C28H27N3O5. The van der Waals surface area contributed by atoms with Crippen LogP contribution in [0.5, 0.6) is 17.2 Å². The number of carbonyl (C=O) groups is 1. The SMILES string of the molecule is COc1ccc(-c2ccc(=O)n(CCNC(=O)COc3ccc(-c4ccccc4)cc3)n2)cc1OC. The van der Waals surface area contributed by atoms with Gasteiger partial charge < -0.3 is 19.5 Å². The highest BCUT2D eigenvalue weighted by atomic mass is 16.5. The number of carbonyl (C=O) groups excluding carboxylic acids is 1. The first-order chi connectivity index (χ1) is 17.6. The van der Waals surface area contributed by atoms with Crippen molar-refractivity contribution in [3.8, 4) is 39.6 Å². The van der Waals surface area contributed by atoms with Crippen LogP contribution in [0.15, 0.2) is 89.7 Å². The van der Waals surface area contributed by atoms with Crippen molar-refractivity contribution in [2.24, 2.45) is 0 Å². The van der Waals surface area contributed by atoms with E-state index in [9.17, 15) is 9.59 Å². The molecule has 3 aromatic carbocycles. The molecule has 0 saturated carbocycles. The predicted octanol–water partition coefficient (Wildman–Crippen LogP) is 3.79. The van der Waals surface area contributed by atoms with E-state index in [4.69, 9.17) is 14.2 Å². The van der Waals surface area contributed by atoms with Gasteiger partial charge in [0, 0.05) is 18.2 Å². The maximum atomic E-state index is 12.3. The van der Waals surface area contributed by atoms with Crippen LogP contribution in [0.25, 0.3) is 22.4 Å². The number of hydrogen-bond donors (Lipinski definition) is 1. The molecule has 0 saturated heterocycles. The quantitative estimate of drug-likeness (QED) is 0.368. The van der Waals surface area contributed by atoms with Crippen LogP contribution in [0.1, 0.15) is 0 Å². The molecule has 0 aliphatic carbocycles. The largest absolute Gasteiger partial charge is 0.493 e. The van der Waals surface area contributed by atoms with E-state index >= 15 is 0 Å². The van der Waals surface area contributed by atoms with Gasteiger partial charge in [-0.3, -0.25) is 9.59 Å². The molecule has 1 N–H and O–H groups in total. The number of hydrogen-bond acceptors (Lipinski definition) is 6. The van der Waals surface area contributed by atoms with E-state index in [2.05, 4.69) is 10.4 Å². The predicted molar refractivity (Wildman–Crippen MR) is 137 cm³/mol. The van der Waals surface area contributed by atoms with Gasteiger partial charge in [0.1, 0.15) is 5.75 Å². The molecule has 184 valence electrons. The Balaban J connectivity index is 1.30. The standard InChI is InChI=1S/C28H27N3O5/c1-34-25-14-10-22(18-26(25)35-2)24-13-15-28(33)31(30-24)17-16-29-27(32)19-36-23-11-8-21(9-12-23)20-6-4-3-5-7-20/h3-15,18H,16-17,19H2,1-2H3,(H,29,32). The Hall–Kier alpha value is -4.59. The van der Waals surface area contributed by atoms with Gasteiger partial charge in [0.2, 0.25) is 0 Å². The summed E-state index contributed by atoms with van der Waals surface area (Å²) in [5.74, 6) is 1.49. The van der Waals surface area contributed by atoms with Crippen molar-refractivity contribution in [2.75, 3.05) is 27.4 Å². The number of nitrogens with zero attached hydrogens (tertiary/aromatic N) is 2. The number of ether oxygens (including phenoxy) is 3. The maximum absolute atomic E-state index is 12.3. The molecule has 0 spiro atoms. The summed E-state index contributed by atoms with van der Waals surface area (Å²) in [6.07, 6.45) is 0. The fourth-order valence-corrected chi connectivity index (χ4v) is 3.63. The van der Waals surface area contributed by atoms with E-state index in [1.807, 2.05) is 60.7 Å². The van der Waals surface area contributed by atoms with E-state index < -0.39 is 0 Å². The zero-order chi connectivity index (χ0) is 25.3.